The van der Waals surface area contributed by atoms with E-state index in [1.54, 1.807) is 0 Å². The molecule has 1 aromatic heterocycles. The molecule has 0 fully saturated rings. The highest BCUT2D eigenvalue weighted by Gasteiger charge is 2.07. The standard InChI is InChI=1S/C18H27N5/c1-15-20-17(19-11-8-12-22(2)3)13-18(21-15)23(4)14-16-9-6-5-7-10-16/h5-7,9-10,13H,8,11-12,14H2,1-4H3,(H,19,20,21). The van der Waals surface area contributed by atoms with Crippen molar-refractivity contribution in [3.8, 4) is 0 Å². The summed E-state index contributed by atoms with van der Waals surface area (Å²) in [6, 6.07) is 12.4. The van der Waals surface area contributed by atoms with Gasteiger partial charge in [0.1, 0.15) is 17.5 Å². The monoisotopic (exact) mass is 313 g/mol. The van der Waals surface area contributed by atoms with Crippen molar-refractivity contribution in [2.75, 3.05) is 44.4 Å². The molecule has 5 nitrogen and oxygen atoms in total. The van der Waals surface area contributed by atoms with E-state index in [9.17, 15) is 0 Å². The zero-order valence-corrected chi connectivity index (χ0v) is 14.6. The molecule has 0 bridgehead atoms. The predicted octanol–water partition coefficient (Wildman–Crippen LogP) is 2.79. The first-order valence-electron chi connectivity index (χ1n) is 8.04. The summed E-state index contributed by atoms with van der Waals surface area (Å²) in [6.45, 7) is 4.75. The van der Waals surface area contributed by atoms with Crippen molar-refractivity contribution in [2.45, 2.75) is 19.9 Å². The maximum Gasteiger partial charge on any atom is 0.134 e. The molecule has 0 radical (unpaired) electrons. The zero-order valence-electron chi connectivity index (χ0n) is 14.6. The van der Waals surface area contributed by atoms with Gasteiger partial charge in [-0.05, 0) is 39.5 Å². The van der Waals surface area contributed by atoms with Crippen molar-refractivity contribution in [3.63, 3.8) is 0 Å². The minimum atomic E-state index is 0.789. The van der Waals surface area contributed by atoms with Crippen LogP contribution in [0.5, 0.6) is 0 Å². The molecule has 2 rings (SSSR count). The molecule has 0 aliphatic heterocycles. The van der Waals surface area contributed by atoms with Gasteiger partial charge in [0, 0.05) is 26.2 Å². The van der Waals surface area contributed by atoms with E-state index in [1.807, 2.05) is 19.1 Å². The third-order valence-corrected chi connectivity index (χ3v) is 3.57. The highest BCUT2D eigenvalue weighted by Crippen LogP contribution is 2.17. The number of hydrogen-bond donors (Lipinski definition) is 1. The lowest BCUT2D eigenvalue weighted by Gasteiger charge is -2.19. The van der Waals surface area contributed by atoms with Crippen LogP contribution in [-0.2, 0) is 6.54 Å². The number of benzene rings is 1. The summed E-state index contributed by atoms with van der Waals surface area (Å²) in [6.07, 6.45) is 1.09. The van der Waals surface area contributed by atoms with E-state index in [2.05, 4.69) is 70.5 Å². The Bertz CT molecular complexity index is 598. The Balaban J connectivity index is 1.98. The molecule has 0 saturated heterocycles. The number of anilines is 2. The quantitative estimate of drug-likeness (QED) is 0.759. The van der Waals surface area contributed by atoms with Gasteiger partial charge in [0.2, 0.25) is 0 Å². The van der Waals surface area contributed by atoms with Crippen molar-refractivity contribution < 1.29 is 0 Å². The summed E-state index contributed by atoms with van der Waals surface area (Å²) >= 11 is 0. The van der Waals surface area contributed by atoms with Crippen LogP contribution in [0.15, 0.2) is 36.4 Å². The lowest BCUT2D eigenvalue weighted by Crippen LogP contribution is -2.19. The second-order valence-electron chi connectivity index (χ2n) is 6.08. The molecular weight excluding hydrogens is 286 g/mol. The zero-order chi connectivity index (χ0) is 16.7. The van der Waals surface area contributed by atoms with Crippen LogP contribution in [0.25, 0.3) is 0 Å². The highest BCUT2D eigenvalue weighted by molar-refractivity contribution is 5.49. The van der Waals surface area contributed by atoms with Crippen molar-refractivity contribution in [3.05, 3.63) is 47.8 Å². The molecule has 1 aromatic carbocycles. The summed E-state index contributed by atoms with van der Waals surface area (Å²) in [5.41, 5.74) is 1.27. The molecule has 0 spiro atoms. The van der Waals surface area contributed by atoms with Crippen LogP contribution in [0.4, 0.5) is 11.6 Å². The fourth-order valence-corrected chi connectivity index (χ4v) is 2.39. The lowest BCUT2D eigenvalue weighted by atomic mass is 10.2. The Morgan fingerprint density at radius 2 is 1.78 bits per heavy atom. The lowest BCUT2D eigenvalue weighted by molar-refractivity contribution is 0.405. The van der Waals surface area contributed by atoms with Gasteiger partial charge in [-0.15, -0.1) is 0 Å². The molecule has 124 valence electrons. The Hall–Kier alpha value is -2.14. The van der Waals surface area contributed by atoms with Gasteiger partial charge in [-0.3, -0.25) is 0 Å². The summed E-state index contributed by atoms with van der Waals surface area (Å²) in [7, 11) is 6.24. The fourth-order valence-electron chi connectivity index (χ4n) is 2.39. The topological polar surface area (TPSA) is 44.3 Å². The average Bonchev–Trinajstić information content (AvgIpc) is 2.52. The SMILES string of the molecule is Cc1nc(NCCCN(C)C)cc(N(C)Cc2ccccc2)n1. The molecule has 0 aliphatic carbocycles. The minimum absolute atomic E-state index is 0.789. The van der Waals surface area contributed by atoms with Crippen LogP contribution in [0.2, 0.25) is 0 Å². The van der Waals surface area contributed by atoms with Crippen LogP contribution in [0.3, 0.4) is 0 Å². The first kappa shape index (κ1) is 17.2. The molecule has 1 heterocycles. The van der Waals surface area contributed by atoms with E-state index in [0.717, 1.165) is 43.5 Å². The smallest absolute Gasteiger partial charge is 0.134 e. The number of aromatic nitrogens is 2. The second-order valence-corrected chi connectivity index (χ2v) is 6.08. The maximum absolute atomic E-state index is 4.55. The van der Waals surface area contributed by atoms with E-state index < -0.39 is 0 Å². The molecule has 5 heteroatoms. The van der Waals surface area contributed by atoms with E-state index >= 15 is 0 Å². The molecule has 2 aromatic rings. The first-order valence-corrected chi connectivity index (χ1v) is 8.04. The van der Waals surface area contributed by atoms with Gasteiger partial charge in [-0.1, -0.05) is 30.3 Å². The van der Waals surface area contributed by atoms with Gasteiger partial charge in [0.25, 0.3) is 0 Å². The van der Waals surface area contributed by atoms with Gasteiger partial charge < -0.3 is 15.1 Å². The first-order chi connectivity index (χ1) is 11.0. The predicted molar refractivity (Wildman–Crippen MR) is 97.0 cm³/mol. The van der Waals surface area contributed by atoms with Crippen molar-refractivity contribution in [2.24, 2.45) is 0 Å². The number of nitrogens with one attached hydrogen (secondary N) is 1. The van der Waals surface area contributed by atoms with Crippen LogP contribution < -0.4 is 10.2 Å². The van der Waals surface area contributed by atoms with Crippen molar-refractivity contribution in [1.29, 1.82) is 0 Å². The molecule has 23 heavy (non-hydrogen) atoms. The fraction of sp³-hybridized carbons (Fsp3) is 0.444. The normalized spacial score (nSPS) is 10.8. The van der Waals surface area contributed by atoms with Gasteiger partial charge in [-0.25, -0.2) is 9.97 Å². The average molecular weight is 313 g/mol. The van der Waals surface area contributed by atoms with Crippen molar-refractivity contribution in [1.82, 2.24) is 14.9 Å². The number of hydrogen-bond acceptors (Lipinski definition) is 5. The minimum Gasteiger partial charge on any atom is -0.370 e. The molecule has 0 saturated carbocycles. The number of aryl methyl sites for hydroxylation is 1. The van der Waals surface area contributed by atoms with Gasteiger partial charge in [0.05, 0.1) is 0 Å². The van der Waals surface area contributed by atoms with E-state index in [1.165, 1.54) is 5.56 Å². The third-order valence-electron chi connectivity index (χ3n) is 3.57. The second kappa shape index (κ2) is 8.48. The molecule has 0 unspecified atom stereocenters. The van der Waals surface area contributed by atoms with Gasteiger partial charge in [0.15, 0.2) is 0 Å². The van der Waals surface area contributed by atoms with Crippen molar-refractivity contribution >= 4 is 11.6 Å². The van der Waals surface area contributed by atoms with Gasteiger partial charge >= 0.3 is 0 Å². The summed E-state index contributed by atoms with van der Waals surface area (Å²) in [5.74, 6) is 2.63. The maximum atomic E-state index is 4.55. The van der Waals surface area contributed by atoms with E-state index in [0.29, 0.717) is 0 Å². The number of nitrogens with zero attached hydrogens (tertiary/aromatic N) is 4. The van der Waals surface area contributed by atoms with E-state index in [-0.39, 0.29) is 0 Å². The summed E-state index contributed by atoms with van der Waals surface area (Å²) in [4.78, 5) is 13.4. The molecule has 0 atom stereocenters. The van der Waals surface area contributed by atoms with Crippen LogP contribution >= 0.6 is 0 Å². The summed E-state index contributed by atoms with van der Waals surface area (Å²) in [5, 5.41) is 3.40. The Morgan fingerprint density at radius 1 is 1.04 bits per heavy atom. The molecule has 0 aliphatic rings. The van der Waals surface area contributed by atoms with E-state index in [4.69, 9.17) is 0 Å². The number of rotatable bonds is 8. The Morgan fingerprint density at radius 3 is 2.48 bits per heavy atom. The van der Waals surface area contributed by atoms with Crippen LogP contribution in [0.1, 0.15) is 17.8 Å². The Labute approximate surface area is 139 Å². The molecular formula is C18H27N5. The Kier molecular flexibility index (Phi) is 6.35. The van der Waals surface area contributed by atoms with Gasteiger partial charge in [-0.2, -0.15) is 0 Å². The summed E-state index contributed by atoms with van der Waals surface area (Å²) < 4.78 is 0. The third kappa shape index (κ3) is 5.87. The molecule has 1 N–H and O–H groups in total. The highest BCUT2D eigenvalue weighted by atomic mass is 15.2. The molecule has 0 amide bonds. The largest absolute Gasteiger partial charge is 0.370 e. The van der Waals surface area contributed by atoms with Crippen LogP contribution in [-0.4, -0.2) is 49.1 Å². The van der Waals surface area contributed by atoms with Crippen LogP contribution in [0, 0.1) is 6.92 Å².